The molecule has 0 fully saturated rings. The highest BCUT2D eigenvalue weighted by atomic mass is 32.1. The lowest BCUT2D eigenvalue weighted by Crippen LogP contribution is -2.04. The van der Waals surface area contributed by atoms with Gasteiger partial charge in [-0.05, 0) is 59.9 Å². The average Bonchev–Trinajstić information content (AvgIpc) is 3.71. The smallest absolute Gasteiger partial charge is 0.156 e. The molecule has 3 aromatic heterocycles. The van der Waals surface area contributed by atoms with E-state index in [4.69, 9.17) is 9.97 Å². The van der Waals surface area contributed by atoms with Gasteiger partial charge < -0.3 is 4.57 Å². The van der Waals surface area contributed by atoms with E-state index in [-0.39, 0.29) is 0 Å². The van der Waals surface area contributed by atoms with Crippen LogP contribution in [0.4, 0.5) is 0 Å². The molecule has 48 heavy (non-hydrogen) atoms. The van der Waals surface area contributed by atoms with Crippen LogP contribution in [0, 0.1) is 0 Å². The van der Waals surface area contributed by atoms with Crippen molar-refractivity contribution in [2.24, 2.45) is 0 Å². The van der Waals surface area contributed by atoms with Crippen LogP contribution in [-0.2, 0) is 0 Å². The number of nitrogens with zero attached hydrogens (tertiary/aromatic N) is 3. The number of fused-ring (bicyclic) bond motifs is 8. The third kappa shape index (κ3) is 4.27. The van der Waals surface area contributed by atoms with E-state index in [0.29, 0.717) is 0 Å². The minimum absolute atomic E-state index is 0.803. The van der Waals surface area contributed by atoms with Gasteiger partial charge in [0, 0.05) is 42.9 Å². The van der Waals surface area contributed by atoms with Gasteiger partial charge in [-0.25, -0.2) is 9.97 Å². The fraction of sp³-hybridized carbons (Fsp3) is 0.0455. The number of benzene rings is 6. The zero-order valence-corrected chi connectivity index (χ0v) is 26.9. The lowest BCUT2D eigenvalue weighted by Gasteiger charge is -2.18. The molecule has 0 spiro atoms. The minimum atomic E-state index is 0.803. The van der Waals surface area contributed by atoms with Crippen molar-refractivity contribution in [2.45, 2.75) is 12.8 Å². The number of rotatable bonds is 4. The highest BCUT2D eigenvalue weighted by Crippen LogP contribution is 2.44. The number of hydrogen-bond acceptors (Lipinski definition) is 3. The minimum Gasteiger partial charge on any atom is -0.308 e. The maximum Gasteiger partial charge on any atom is 0.156 e. The Hall–Kier alpha value is -5.84. The molecule has 3 nitrogen and oxygen atoms in total. The number of para-hydroxylation sites is 1. The quantitative estimate of drug-likeness (QED) is 0.193. The largest absolute Gasteiger partial charge is 0.308 e. The molecule has 0 saturated heterocycles. The van der Waals surface area contributed by atoms with Crippen LogP contribution in [0.1, 0.15) is 18.7 Å². The average molecular weight is 632 g/mol. The summed E-state index contributed by atoms with van der Waals surface area (Å²) in [6, 6.07) is 49.9. The summed E-state index contributed by atoms with van der Waals surface area (Å²) >= 11 is 1.89. The molecule has 1 aliphatic carbocycles. The number of allylic oxidation sites excluding steroid dienone is 4. The van der Waals surface area contributed by atoms with E-state index in [2.05, 4.69) is 156 Å². The van der Waals surface area contributed by atoms with E-state index in [1.807, 2.05) is 11.3 Å². The van der Waals surface area contributed by atoms with Crippen LogP contribution in [0.25, 0.3) is 86.5 Å². The van der Waals surface area contributed by atoms with Gasteiger partial charge in [0.1, 0.15) is 0 Å². The second-order valence-electron chi connectivity index (χ2n) is 12.5. The van der Waals surface area contributed by atoms with Crippen molar-refractivity contribution in [3.8, 4) is 22.4 Å². The molecule has 6 aromatic carbocycles. The molecule has 1 aliphatic rings. The highest BCUT2D eigenvalue weighted by molar-refractivity contribution is 7.26. The van der Waals surface area contributed by atoms with Crippen molar-refractivity contribution in [3.05, 3.63) is 158 Å². The Bertz CT molecular complexity index is 2770. The maximum atomic E-state index is 5.25. The van der Waals surface area contributed by atoms with E-state index < -0.39 is 0 Å². The van der Waals surface area contributed by atoms with Crippen LogP contribution < -0.4 is 0 Å². The molecule has 4 heteroatoms. The fourth-order valence-corrected chi connectivity index (χ4v) is 8.65. The Balaban J connectivity index is 1.22. The zero-order valence-electron chi connectivity index (χ0n) is 26.1. The van der Waals surface area contributed by atoms with Gasteiger partial charge in [-0.2, -0.15) is 0 Å². The van der Waals surface area contributed by atoms with Gasteiger partial charge in [-0.1, -0.05) is 121 Å². The van der Waals surface area contributed by atoms with Crippen LogP contribution in [0.15, 0.2) is 152 Å². The van der Waals surface area contributed by atoms with Gasteiger partial charge in [0.15, 0.2) is 5.82 Å². The van der Waals surface area contributed by atoms with Crippen molar-refractivity contribution >= 4 is 75.5 Å². The normalized spacial score (nSPS) is 13.5. The van der Waals surface area contributed by atoms with Crippen LogP contribution in [-0.4, -0.2) is 14.5 Å². The Kier molecular flexibility index (Phi) is 6.18. The Morgan fingerprint density at radius 3 is 2.15 bits per heavy atom. The number of hydrogen-bond donors (Lipinski definition) is 0. The van der Waals surface area contributed by atoms with Gasteiger partial charge in [0.2, 0.25) is 0 Å². The molecule has 0 unspecified atom stereocenters. The van der Waals surface area contributed by atoms with Crippen molar-refractivity contribution < 1.29 is 0 Å². The lowest BCUT2D eigenvalue weighted by molar-refractivity contribution is 1.00. The third-order valence-corrected chi connectivity index (χ3v) is 10.9. The van der Waals surface area contributed by atoms with Crippen LogP contribution >= 0.6 is 11.3 Å². The van der Waals surface area contributed by atoms with E-state index in [0.717, 1.165) is 46.4 Å². The first kappa shape index (κ1) is 27.3. The summed E-state index contributed by atoms with van der Waals surface area (Å²) in [6.45, 7) is 0. The molecule has 0 N–H and O–H groups in total. The molecule has 226 valence electrons. The molecule has 9 aromatic rings. The van der Waals surface area contributed by atoms with Crippen molar-refractivity contribution in [1.82, 2.24) is 14.5 Å². The second-order valence-corrected chi connectivity index (χ2v) is 13.5. The summed E-state index contributed by atoms with van der Waals surface area (Å²) in [5, 5.41) is 6.23. The van der Waals surface area contributed by atoms with Crippen molar-refractivity contribution in [2.75, 3.05) is 0 Å². The van der Waals surface area contributed by atoms with Gasteiger partial charge in [-0.15, -0.1) is 11.3 Å². The highest BCUT2D eigenvalue weighted by Gasteiger charge is 2.21. The zero-order chi connectivity index (χ0) is 31.6. The topological polar surface area (TPSA) is 30.7 Å². The van der Waals surface area contributed by atoms with Gasteiger partial charge in [-0.3, -0.25) is 0 Å². The predicted molar refractivity (Wildman–Crippen MR) is 204 cm³/mol. The van der Waals surface area contributed by atoms with E-state index >= 15 is 0 Å². The summed E-state index contributed by atoms with van der Waals surface area (Å²) in [4.78, 5) is 10.4. The number of thiophene rings is 1. The number of aromatic nitrogens is 3. The molecule has 0 saturated carbocycles. The molecule has 0 radical (unpaired) electrons. The molecule has 10 rings (SSSR count). The van der Waals surface area contributed by atoms with Gasteiger partial charge >= 0.3 is 0 Å². The maximum absolute atomic E-state index is 5.25. The third-order valence-electron chi connectivity index (χ3n) is 9.66. The van der Waals surface area contributed by atoms with Gasteiger partial charge in [0.25, 0.3) is 0 Å². The predicted octanol–water partition coefficient (Wildman–Crippen LogP) is 12.2. The van der Waals surface area contributed by atoms with Crippen molar-refractivity contribution in [3.63, 3.8) is 0 Å². The Labute approximate surface area is 281 Å². The van der Waals surface area contributed by atoms with E-state index in [1.54, 1.807) is 0 Å². The monoisotopic (exact) mass is 631 g/mol. The molecule has 0 bridgehead atoms. The van der Waals surface area contributed by atoms with Crippen LogP contribution in [0.5, 0.6) is 0 Å². The van der Waals surface area contributed by atoms with Crippen LogP contribution in [0.3, 0.4) is 0 Å². The molecule has 0 atom stereocenters. The SMILES string of the molecule is C1=C(c2nc(-c3ccccc3)c3ccccc3n2)CCC=C1n1c2ccc(-c3ccccc3)cc2c2ccc3c4ccccc4sc3c21. The van der Waals surface area contributed by atoms with E-state index in [9.17, 15) is 0 Å². The van der Waals surface area contributed by atoms with Crippen LogP contribution in [0.2, 0.25) is 0 Å². The summed E-state index contributed by atoms with van der Waals surface area (Å²) in [5.74, 6) is 0.803. The van der Waals surface area contributed by atoms with Crippen molar-refractivity contribution in [1.29, 1.82) is 0 Å². The summed E-state index contributed by atoms with van der Waals surface area (Å²) in [6.07, 6.45) is 6.53. The standard InChI is InChI=1S/C44H29N3S/c1-3-12-28(13-4-1)30-22-25-39-37(27-30)34-23-24-35-33-18-8-10-21-40(33)48-43(35)42(34)47(39)32-17-11-16-31(26-32)44-45-38-20-9-7-19-36(38)41(46-44)29-14-5-2-6-15-29/h1-10,12-15,17-27H,11,16H2. The fourth-order valence-electron chi connectivity index (χ4n) is 7.41. The first-order valence-electron chi connectivity index (χ1n) is 16.5. The Morgan fingerprint density at radius 1 is 0.562 bits per heavy atom. The molecule has 0 amide bonds. The first-order chi connectivity index (χ1) is 23.8. The van der Waals surface area contributed by atoms with E-state index in [1.165, 1.54) is 58.8 Å². The van der Waals surface area contributed by atoms with Gasteiger partial charge in [0.05, 0.1) is 26.9 Å². The first-order valence-corrected chi connectivity index (χ1v) is 17.3. The molecule has 0 aliphatic heterocycles. The summed E-state index contributed by atoms with van der Waals surface area (Å²) < 4.78 is 5.13. The Morgan fingerprint density at radius 2 is 1.29 bits per heavy atom. The summed E-state index contributed by atoms with van der Waals surface area (Å²) in [5.41, 5.74) is 10.3. The summed E-state index contributed by atoms with van der Waals surface area (Å²) in [7, 11) is 0. The second kappa shape index (κ2) is 10.9. The molecular weight excluding hydrogens is 603 g/mol. The lowest BCUT2D eigenvalue weighted by atomic mass is 10.0. The molecular formula is C44H29N3S. The molecule has 3 heterocycles.